The van der Waals surface area contributed by atoms with E-state index in [1.807, 2.05) is 0 Å². The lowest BCUT2D eigenvalue weighted by Gasteiger charge is -2.02. The lowest BCUT2D eigenvalue weighted by molar-refractivity contribution is 0.273. The van der Waals surface area contributed by atoms with E-state index in [0.717, 1.165) is 12.8 Å². The third kappa shape index (κ3) is 4.46. The molecule has 0 aromatic rings. The van der Waals surface area contributed by atoms with E-state index in [-0.39, 0.29) is 12.7 Å². The Kier molecular flexibility index (Phi) is 3.54. The summed E-state index contributed by atoms with van der Waals surface area (Å²) in [5.41, 5.74) is 3.29. The van der Waals surface area contributed by atoms with Crippen LogP contribution < -0.4 is 0 Å². The van der Waals surface area contributed by atoms with Crippen LogP contribution in [0.4, 0.5) is 0 Å². The summed E-state index contributed by atoms with van der Waals surface area (Å²) in [6.45, 7) is 6.94. The summed E-state index contributed by atoms with van der Waals surface area (Å²) >= 11 is 0. The smallest absolute Gasteiger partial charge is 0.144 e. The van der Waals surface area contributed by atoms with Gasteiger partial charge in [-0.2, -0.15) is 0 Å². The maximum atomic E-state index is 8.60. The van der Waals surface area contributed by atoms with Crippen molar-refractivity contribution < 1.29 is 9.84 Å². The van der Waals surface area contributed by atoms with Crippen molar-refractivity contribution in [2.45, 2.75) is 44.7 Å². The molecule has 0 aliphatic carbocycles. The van der Waals surface area contributed by atoms with E-state index < -0.39 is 8.07 Å². The van der Waals surface area contributed by atoms with Gasteiger partial charge in [0, 0.05) is 6.61 Å². The van der Waals surface area contributed by atoms with Gasteiger partial charge in [-0.15, -0.1) is 5.54 Å². The minimum Gasteiger partial charge on any atom is -0.396 e. The van der Waals surface area contributed by atoms with E-state index in [1.165, 1.54) is 0 Å². The Morgan fingerprint density at radius 1 is 1.38 bits per heavy atom. The van der Waals surface area contributed by atoms with Gasteiger partial charge in [-0.05, 0) is 12.8 Å². The van der Waals surface area contributed by atoms with Gasteiger partial charge < -0.3 is 9.84 Å². The molecule has 3 heteroatoms. The highest BCUT2D eigenvalue weighted by molar-refractivity contribution is 6.83. The molecule has 1 fully saturated rings. The molecule has 2 atom stereocenters. The number of epoxide rings is 1. The van der Waals surface area contributed by atoms with Crippen LogP contribution in [0.3, 0.4) is 0 Å². The monoisotopic (exact) mass is 198 g/mol. The maximum Gasteiger partial charge on any atom is 0.144 e. The minimum absolute atomic E-state index is 0.165. The first kappa shape index (κ1) is 10.8. The van der Waals surface area contributed by atoms with Crippen LogP contribution in [0, 0.1) is 11.5 Å². The van der Waals surface area contributed by atoms with Crippen LogP contribution in [0.25, 0.3) is 0 Å². The largest absolute Gasteiger partial charge is 0.396 e. The molecule has 1 N–H and O–H groups in total. The molecule has 1 saturated heterocycles. The minimum atomic E-state index is -1.23. The normalized spacial score (nSPS) is 26.5. The van der Waals surface area contributed by atoms with Crippen molar-refractivity contribution >= 4 is 8.07 Å². The highest BCUT2D eigenvalue weighted by Gasteiger charge is 2.36. The molecule has 74 valence electrons. The van der Waals surface area contributed by atoms with E-state index in [0.29, 0.717) is 6.10 Å². The molecule has 1 aliphatic rings. The zero-order valence-corrected chi connectivity index (χ0v) is 9.63. The van der Waals surface area contributed by atoms with Crippen LogP contribution in [0.15, 0.2) is 0 Å². The highest BCUT2D eigenvalue weighted by atomic mass is 28.3. The van der Waals surface area contributed by atoms with E-state index in [1.54, 1.807) is 0 Å². The third-order valence-corrected chi connectivity index (χ3v) is 2.71. The molecule has 0 radical (unpaired) electrons. The molecule has 0 bridgehead atoms. The molecule has 0 saturated carbocycles. The van der Waals surface area contributed by atoms with Crippen molar-refractivity contribution in [2.75, 3.05) is 6.61 Å². The number of aliphatic hydroxyl groups is 1. The predicted octanol–water partition coefficient (Wildman–Crippen LogP) is 1.41. The summed E-state index contributed by atoms with van der Waals surface area (Å²) in [5, 5.41) is 8.60. The summed E-state index contributed by atoms with van der Waals surface area (Å²) in [5.74, 6) is 3.16. The molecule has 0 spiro atoms. The van der Waals surface area contributed by atoms with Gasteiger partial charge >= 0.3 is 0 Å². The van der Waals surface area contributed by atoms with Gasteiger partial charge in [0.2, 0.25) is 0 Å². The quantitative estimate of drug-likeness (QED) is 0.422. The average molecular weight is 198 g/mol. The zero-order valence-electron chi connectivity index (χ0n) is 8.63. The van der Waals surface area contributed by atoms with Gasteiger partial charge in [-0.25, -0.2) is 0 Å². The maximum absolute atomic E-state index is 8.60. The Bertz CT molecular complexity index is 221. The molecule has 0 unspecified atom stereocenters. The van der Waals surface area contributed by atoms with E-state index in [4.69, 9.17) is 9.84 Å². The lowest BCUT2D eigenvalue weighted by atomic mass is 10.2. The fraction of sp³-hybridized carbons (Fsp3) is 0.800. The molecule has 1 aliphatic heterocycles. The van der Waals surface area contributed by atoms with Crippen LogP contribution in [0.2, 0.25) is 19.6 Å². The van der Waals surface area contributed by atoms with Crippen LogP contribution in [0.1, 0.15) is 12.8 Å². The first-order valence-corrected chi connectivity index (χ1v) is 8.32. The van der Waals surface area contributed by atoms with Crippen LogP contribution in [-0.2, 0) is 4.74 Å². The lowest BCUT2D eigenvalue weighted by Crippen LogP contribution is -2.16. The topological polar surface area (TPSA) is 32.8 Å². The van der Waals surface area contributed by atoms with Gasteiger partial charge in [0.25, 0.3) is 0 Å². The number of rotatable bonds is 3. The fourth-order valence-corrected chi connectivity index (χ4v) is 1.64. The Hall–Kier alpha value is -0.303. The van der Waals surface area contributed by atoms with Gasteiger partial charge in [0.05, 0.1) is 6.10 Å². The first-order valence-electron chi connectivity index (χ1n) is 4.82. The zero-order chi connectivity index (χ0) is 9.90. The second-order valence-electron chi connectivity index (χ2n) is 4.48. The van der Waals surface area contributed by atoms with Crippen molar-refractivity contribution in [2.24, 2.45) is 0 Å². The molecule has 0 amide bonds. The second kappa shape index (κ2) is 4.27. The average Bonchev–Trinajstić information content (AvgIpc) is 2.75. The molecule has 0 aromatic heterocycles. The van der Waals surface area contributed by atoms with Crippen molar-refractivity contribution in [3.8, 4) is 11.5 Å². The third-order valence-electron chi connectivity index (χ3n) is 1.82. The predicted molar refractivity (Wildman–Crippen MR) is 56.1 cm³/mol. The Labute approximate surface area is 81.3 Å². The van der Waals surface area contributed by atoms with E-state index in [2.05, 4.69) is 31.1 Å². The molecule has 1 rings (SSSR count). The van der Waals surface area contributed by atoms with Crippen molar-refractivity contribution in [1.29, 1.82) is 0 Å². The molecule has 0 aromatic carbocycles. The standard InChI is InChI=1S/C10H18O2Si/c1-13(2,3)8-6-10-9(12-10)5-4-7-11/h9-11H,4-5,7H2,1-3H3/t9-,10+/m0/s1. The van der Waals surface area contributed by atoms with Crippen molar-refractivity contribution in [3.05, 3.63) is 0 Å². The highest BCUT2D eigenvalue weighted by Crippen LogP contribution is 2.25. The van der Waals surface area contributed by atoms with Gasteiger partial charge in [-0.3, -0.25) is 0 Å². The molecule has 1 heterocycles. The Morgan fingerprint density at radius 2 is 2.08 bits per heavy atom. The summed E-state index contributed by atoms with van der Waals surface area (Å²) in [6, 6.07) is 0. The molecular formula is C10H18O2Si. The summed E-state index contributed by atoms with van der Waals surface area (Å²) in [4.78, 5) is 0. The van der Waals surface area contributed by atoms with Crippen LogP contribution in [-0.4, -0.2) is 32.0 Å². The Morgan fingerprint density at radius 3 is 2.62 bits per heavy atom. The molecule has 2 nitrogen and oxygen atoms in total. The number of hydrogen-bond donors (Lipinski definition) is 1. The fourth-order valence-electron chi connectivity index (χ4n) is 1.07. The van der Waals surface area contributed by atoms with Crippen molar-refractivity contribution in [1.82, 2.24) is 0 Å². The summed E-state index contributed by atoms with van der Waals surface area (Å²) < 4.78 is 5.35. The van der Waals surface area contributed by atoms with Gasteiger partial charge in [0.1, 0.15) is 14.2 Å². The van der Waals surface area contributed by atoms with E-state index >= 15 is 0 Å². The van der Waals surface area contributed by atoms with E-state index in [9.17, 15) is 0 Å². The molecular weight excluding hydrogens is 180 g/mol. The summed E-state index contributed by atoms with van der Waals surface area (Å²) in [6.07, 6.45) is 2.24. The van der Waals surface area contributed by atoms with Gasteiger partial charge in [-0.1, -0.05) is 25.6 Å². The second-order valence-corrected chi connectivity index (χ2v) is 9.23. The van der Waals surface area contributed by atoms with Gasteiger partial charge in [0.15, 0.2) is 0 Å². The number of hydrogen-bond acceptors (Lipinski definition) is 2. The summed E-state index contributed by atoms with van der Waals surface area (Å²) in [7, 11) is -1.23. The Balaban J connectivity index is 2.23. The SMILES string of the molecule is C[Si](C)(C)C#C[C@H]1O[C@H]1CCCO. The van der Waals surface area contributed by atoms with Crippen LogP contribution in [0.5, 0.6) is 0 Å². The van der Waals surface area contributed by atoms with Crippen molar-refractivity contribution in [3.63, 3.8) is 0 Å². The van der Waals surface area contributed by atoms with Crippen LogP contribution >= 0.6 is 0 Å². The first-order chi connectivity index (χ1) is 6.03. The molecule has 13 heavy (non-hydrogen) atoms. The number of ether oxygens (including phenoxy) is 1. The number of aliphatic hydroxyl groups excluding tert-OH is 1.